The molecule has 2 saturated heterocycles. The first-order chi connectivity index (χ1) is 15.4. The number of carbonyl (C=O) groups is 2. The number of sulfonamides is 1. The second-order valence-corrected chi connectivity index (χ2v) is 10.9. The van der Waals surface area contributed by atoms with Gasteiger partial charge in [-0.05, 0) is 70.1 Å². The molecule has 1 saturated carbocycles. The maximum absolute atomic E-state index is 13.6. The molecular weight excluding hydrogens is 430 g/mol. The lowest BCUT2D eigenvalue weighted by Gasteiger charge is -2.33. The fourth-order valence-electron chi connectivity index (χ4n) is 4.32. The monoisotopic (exact) mass is 463 g/mol. The second-order valence-electron chi connectivity index (χ2n) is 9.03. The molecule has 0 aromatic heterocycles. The van der Waals surface area contributed by atoms with E-state index in [1.54, 1.807) is 12.1 Å². The van der Waals surface area contributed by atoms with Crippen LogP contribution in [0.3, 0.4) is 0 Å². The van der Waals surface area contributed by atoms with Crippen molar-refractivity contribution in [1.82, 2.24) is 9.62 Å². The van der Waals surface area contributed by atoms with Crippen LogP contribution in [-0.2, 0) is 19.6 Å². The van der Waals surface area contributed by atoms with Gasteiger partial charge in [-0.25, -0.2) is 13.2 Å². The van der Waals surface area contributed by atoms with Crippen molar-refractivity contribution in [3.8, 4) is 0 Å². The van der Waals surface area contributed by atoms with Crippen LogP contribution < -0.4 is 10.2 Å². The third-order valence-electron chi connectivity index (χ3n) is 6.40. The molecule has 1 aromatic carbocycles. The van der Waals surface area contributed by atoms with E-state index in [1.165, 1.54) is 17.3 Å². The number of anilines is 1. The Labute approximate surface area is 190 Å². The van der Waals surface area contributed by atoms with E-state index < -0.39 is 22.1 Å². The number of hydrogen-bond acceptors (Lipinski definition) is 6. The van der Waals surface area contributed by atoms with Crippen molar-refractivity contribution in [3.63, 3.8) is 0 Å². The second kappa shape index (κ2) is 9.79. The molecule has 4 rings (SSSR count). The third kappa shape index (κ3) is 5.26. The summed E-state index contributed by atoms with van der Waals surface area (Å²) >= 11 is 0. The van der Waals surface area contributed by atoms with Gasteiger partial charge in [-0.2, -0.15) is 4.31 Å². The molecule has 0 spiro atoms. The minimum Gasteiger partial charge on any atom is -0.449 e. The molecule has 176 valence electrons. The lowest BCUT2D eigenvalue weighted by Crippen LogP contribution is -2.38. The summed E-state index contributed by atoms with van der Waals surface area (Å²) in [6.07, 6.45) is 6.83. The van der Waals surface area contributed by atoms with E-state index in [1.807, 2.05) is 0 Å². The molecule has 1 aliphatic carbocycles. The van der Waals surface area contributed by atoms with E-state index in [0.29, 0.717) is 18.8 Å². The number of carbonyl (C=O) groups excluding carboxylic acids is 2. The van der Waals surface area contributed by atoms with Gasteiger partial charge in [0.2, 0.25) is 10.0 Å². The number of nitrogens with one attached hydrogen (secondary N) is 1. The summed E-state index contributed by atoms with van der Waals surface area (Å²) in [6.45, 7) is 4.11. The minimum atomic E-state index is -3.75. The van der Waals surface area contributed by atoms with Gasteiger partial charge in [0.25, 0.3) is 5.91 Å². The zero-order chi connectivity index (χ0) is 22.7. The number of amides is 1. The fraction of sp³-hybridized carbons (Fsp3) is 0.652. The third-order valence-corrected chi connectivity index (χ3v) is 8.33. The first kappa shape index (κ1) is 23.0. The molecule has 3 aliphatic rings. The zero-order valence-electron chi connectivity index (χ0n) is 18.7. The van der Waals surface area contributed by atoms with Crippen molar-refractivity contribution in [1.29, 1.82) is 0 Å². The Kier molecular flexibility index (Phi) is 7.05. The van der Waals surface area contributed by atoms with Crippen LogP contribution in [0, 0.1) is 0 Å². The number of esters is 1. The standard InChI is InChI=1S/C23H33N3O5S/c1-17(22(27)24-19-9-10-19)31-23(28)18-8-11-20(25-12-4-2-5-13-25)21(16-18)32(29,30)26-14-6-3-7-15-26/h8,11,16-17,19H,2-7,9-10,12-15H2,1H3,(H,24,27). The SMILES string of the molecule is CC(OC(=O)c1ccc(N2CCCCC2)c(S(=O)(=O)N2CCCCC2)c1)C(=O)NC1CC1. The van der Waals surface area contributed by atoms with Crippen LogP contribution >= 0.6 is 0 Å². The molecule has 0 radical (unpaired) electrons. The highest BCUT2D eigenvalue weighted by Gasteiger charge is 2.32. The van der Waals surface area contributed by atoms with Gasteiger partial charge >= 0.3 is 5.97 Å². The van der Waals surface area contributed by atoms with Crippen molar-refractivity contribution >= 4 is 27.6 Å². The van der Waals surface area contributed by atoms with Crippen molar-refractivity contribution in [2.45, 2.75) is 75.3 Å². The van der Waals surface area contributed by atoms with Crippen molar-refractivity contribution in [3.05, 3.63) is 23.8 Å². The number of piperidine rings is 2. The molecule has 1 amide bonds. The number of hydrogen-bond donors (Lipinski definition) is 1. The normalized spacial score (nSPS) is 21.1. The number of ether oxygens (including phenoxy) is 1. The molecule has 9 heteroatoms. The van der Waals surface area contributed by atoms with Crippen molar-refractivity contribution in [2.24, 2.45) is 0 Å². The summed E-state index contributed by atoms with van der Waals surface area (Å²) in [5.41, 5.74) is 0.791. The summed E-state index contributed by atoms with van der Waals surface area (Å²) in [4.78, 5) is 27.2. The summed E-state index contributed by atoms with van der Waals surface area (Å²) < 4.78 is 34.0. The maximum atomic E-state index is 13.6. The summed E-state index contributed by atoms with van der Waals surface area (Å²) in [5, 5.41) is 2.82. The highest BCUT2D eigenvalue weighted by atomic mass is 32.2. The van der Waals surface area contributed by atoms with Gasteiger partial charge in [-0.3, -0.25) is 4.79 Å². The summed E-state index contributed by atoms with van der Waals surface area (Å²) in [7, 11) is -3.75. The van der Waals surface area contributed by atoms with E-state index in [0.717, 1.165) is 64.5 Å². The Balaban J connectivity index is 1.60. The maximum Gasteiger partial charge on any atom is 0.338 e. The molecule has 2 heterocycles. The number of benzene rings is 1. The predicted octanol–water partition coefficient (Wildman–Crippen LogP) is 2.68. The highest BCUT2D eigenvalue weighted by molar-refractivity contribution is 7.89. The van der Waals surface area contributed by atoms with Crippen LogP contribution in [0.5, 0.6) is 0 Å². The lowest BCUT2D eigenvalue weighted by atomic mass is 10.1. The predicted molar refractivity (Wildman–Crippen MR) is 121 cm³/mol. The quantitative estimate of drug-likeness (QED) is 0.625. The molecule has 1 N–H and O–H groups in total. The van der Waals surface area contributed by atoms with Gasteiger partial charge in [0.15, 0.2) is 6.10 Å². The first-order valence-corrected chi connectivity index (χ1v) is 13.2. The van der Waals surface area contributed by atoms with Gasteiger partial charge in [-0.15, -0.1) is 0 Å². The average Bonchev–Trinajstić information content (AvgIpc) is 3.63. The Hall–Kier alpha value is -2.13. The molecule has 1 atom stereocenters. The fourth-order valence-corrected chi connectivity index (χ4v) is 6.07. The first-order valence-electron chi connectivity index (χ1n) is 11.8. The van der Waals surface area contributed by atoms with Gasteiger partial charge in [0, 0.05) is 32.2 Å². The number of rotatable bonds is 7. The van der Waals surface area contributed by atoms with Crippen LogP contribution in [-0.4, -0.2) is 62.9 Å². The van der Waals surface area contributed by atoms with Crippen LogP contribution in [0.2, 0.25) is 0 Å². The molecule has 3 fully saturated rings. The smallest absolute Gasteiger partial charge is 0.338 e. The van der Waals surface area contributed by atoms with Crippen LogP contribution in [0.25, 0.3) is 0 Å². The van der Waals surface area contributed by atoms with Crippen molar-refractivity contribution in [2.75, 3.05) is 31.1 Å². The molecule has 1 aromatic rings. The minimum absolute atomic E-state index is 0.146. The molecule has 32 heavy (non-hydrogen) atoms. The lowest BCUT2D eigenvalue weighted by molar-refractivity contribution is -0.129. The molecular formula is C23H33N3O5S. The molecule has 2 aliphatic heterocycles. The van der Waals surface area contributed by atoms with E-state index in [4.69, 9.17) is 4.74 Å². The summed E-state index contributed by atoms with van der Waals surface area (Å²) in [5.74, 6) is -1.02. The van der Waals surface area contributed by atoms with Crippen LogP contribution in [0.15, 0.2) is 23.1 Å². The van der Waals surface area contributed by atoms with Gasteiger partial charge in [0.1, 0.15) is 4.90 Å². The van der Waals surface area contributed by atoms with E-state index in [2.05, 4.69) is 10.2 Å². The van der Waals surface area contributed by atoms with Gasteiger partial charge in [-0.1, -0.05) is 6.42 Å². The Morgan fingerprint density at radius 2 is 1.62 bits per heavy atom. The Morgan fingerprint density at radius 3 is 2.25 bits per heavy atom. The van der Waals surface area contributed by atoms with E-state index >= 15 is 0 Å². The Morgan fingerprint density at radius 1 is 1.00 bits per heavy atom. The van der Waals surface area contributed by atoms with E-state index in [9.17, 15) is 18.0 Å². The van der Waals surface area contributed by atoms with Crippen LogP contribution in [0.1, 0.15) is 68.6 Å². The van der Waals surface area contributed by atoms with Gasteiger partial charge < -0.3 is 15.0 Å². The largest absolute Gasteiger partial charge is 0.449 e. The molecule has 0 bridgehead atoms. The van der Waals surface area contributed by atoms with Gasteiger partial charge in [0.05, 0.1) is 11.3 Å². The number of nitrogens with zero attached hydrogens (tertiary/aromatic N) is 2. The zero-order valence-corrected chi connectivity index (χ0v) is 19.5. The van der Waals surface area contributed by atoms with E-state index in [-0.39, 0.29) is 22.4 Å². The topological polar surface area (TPSA) is 96.0 Å². The Bertz CT molecular complexity index is 948. The summed E-state index contributed by atoms with van der Waals surface area (Å²) in [6, 6.07) is 4.93. The van der Waals surface area contributed by atoms with Crippen molar-refractivity contribution < 1.29 is 22.7 Å². The molecule has 8 nitrogen and oxygen atoms in total. The highest BCUT2D eigenvalue weighted by Crippen LogP contribution is 2.32. The van der Waals surface area contributed by atoms with Crippen LogP contribution in [0.4, 0.5) is 5.69 Å². The average molecular weight is 464 g/mol. The molecule has 1 unspecified atom stereocenters.